The molecule has 0 spiro atoms. The van der Waals surface area contributed by atoms with Crippen LogP contribution in [0.25, 0.3) is 12.2 Å². The third-order valence-corrected chi connectivity index (χ3v) is 5.13. The van der Waals surface area contributed by atoms with Gasteiger partial charge in [-0.2, -0.15) is 0 Å². The van der Waals surface area contributed by atoms with Crippen LogP contribution in [0, 0.1) is 20.2 Å². The second-order valence-electron chi connectivity index (χ2n) is 7.54. The Morgan fingerprint density at radius 3 is 1.56 bits per heavy atom. The van der Waals surface area contributed by atoms with E-state index in [1.807, 2.05) is 4.90 Å². The first-order chi connectivity index (χ1) is 16.0. The van der Waals surface area contributed by atoms with E-state index in [1.165, 1.54) is 38.5 Å². The third-order valence-electron chi connectivity index (χ3n) is 5.13. The lowest BCUT2D eigenvalue weighted by Gasteiger charge is -2.26. The van der Waals surface area contributed by atoms with Crippen molar-refractivity contribution in [2.45, 2.75) is 0 Å². The summed E-state index contributed by atoms with van der Waals surface area (Å²) < 4.78 is 10.00. The Kier molecular flexibility index (Phi) is 6.82. The minimum atomic E-state index is -0.759. The molecule has 178 valence electrons. The first kappa shape index (κ1) is 24.2. The van der Waals surface area contributed by atoms with Crippen molar-refractivity contribution in [3.05, 3.63) is 66.8 Å². The van der Waals surface area contributed by atoms with E-state index < -0.39 is 32.7 Å². The predicted molar refractivity (Wildman–Crippen MR) is 121 cm³/mol. The molecular formula is C22H21N3O9. The van der Waals surface area contributed by atoms with Gasteiger partial charge in [-0.15, -0.1) is 0 Å². The smallest absolute Gasteiger partial charge is 0.315 e. The highest BCUT2D eigenvalue weighted by Crippen LogP contribution is 2.39. The molecule has 1 aliphatic heterocycles. The molecule has 0 unspecified atom stereocenters. The van der Waals surface area contributed by atoms with Crippen LogP contribution in [-0.2, 0) is 4.79 Å². The summed E-state index contributed by atoms with van der Waals surface area (Å²) >= 11 is 0. The van der Waals surface area contributed by atoms with Crippen LogP contribution >= 0.6 is 0 Å². The Labute approximate surface area is 193 Å². The molecule has 1 fully saturated rings. The van der Waals surface area contributed by atoms with Crippen LogP contribution in [0.3, 0.4) is 0 Å². The molecule has 12 nitrogen and oxygen atoms in total. The molecule has 0 saturated carbocycles. The number of ether oxygens (including phenoxy) is 2. The van der Waals surface area contributed by atoms with E-state index in [0.717, 1.165) is 12.1 Å². The molecule has 2 aromatic rings. The average molecular weight is 471 g/mol. The standard InChI is InChI=1S/C22H21N3O9/c1-23-10-14(4-12-6-16(24(29)30)21(27)18(8-12)33-2)20(26)15(11-23)5-13-7-17(25(31)32)22(28)19(9-13)34-3/h4-9,27-28H,10-11H2,1-3H3/b14-4+,15-5+. The predicted octanol–water partition coefficient (Wildman–Crippen LogP) is 2.91. The Morgan fingerprint density at radius 1 is 0.853 bits per heavy atom. The number of nitro groups is 2. The number of methoxy groups -OCH3 is 2. The second kappa shape index (κ2) is 9.58. The molecule has 3 rings (SSSR count). The number of hydrogen-bond acceptors (Lipinski definition) is 10. The van der Waals surface area contributed by atoms with Crippen molar-refractivity contribution in [2.75, 3.05) is 34.4 Å². The Morgan fingerprint density at radius 2 is 1.24 bits per heavy atom. The van der Waals surface area contributed by atoms with Crippen molar-refractivity contribution in [1.82, 2.24) is 4.90 Å². The molecular weight excluding hydrogens is 450 g/mol. The quantitative estimate of drug-likeness (QED) is 0.363. The van der Waals surface area contributed by atoms with Crippen molar-refractivity contribution >= 4 is 29.3 Å². The molecule has 0 amide bonds. The van der Waals surface area contributed by atoms with Crippen LogP contribution in [0.2, 0.25) is 0 Å². The maximum atomic E-state index is 13.2. The van der Waals surface area contributed by atoms with Gasteiger partial charge in [-0.3, -0.25) is 29.9 Å². The van der Waals surface area contributed by atoms with E-state index in [9.17, 15) is 35.2 Å². The van der Waals surface area contributed by atoms with Crippen LogP contribution in [0.4, 0.5) is 11.4 Å². The second-order valence-corrected chi connectivity index (χ2v) is 7.54. The molecule has 0 aliphatic carbocycles. The van der Waals surface area contributed by atoms with Gasteiger partial charge in [0.15, 0.2) is 17.3 Å². The maximum Gasteiger partial charge on any atom is 0.315 e. The zero-order valence-corrected chi connectivity index (χ0v) is 18.5. The lowest BCUT2D eigenvalue weighted by Crippen LogP contribution is -2.34. The van der Waals surface area contributed by atoms with E-state index in [2.05, 4.69) is 0 Å². The van der Waals surface area contributed by atoms with Crippen molar-refractivity contribution in [3.63, 3.8) is 0 Å². The number of benzene rings is 2. The number of ketones is 1. The number of hydrogen-bond donors (Lipinski definition) is 2. The van der Waals surface area contributed by atoms with Gasteiger partial charge in [0, 0.05) is 36.4 Å². The summed E-state index contributed by atoms with van der Waals surface area (Å²) in [5, 5.41) is 42.5. The molecule has 0 radical (unpaired) electrons. The van der Waals surface area contributed by atoms with Crippen molar-refractivity contribution in [2.24, 2.45) is 0 Å². The number of nitro benzene ring substituents is 2. The highest BCUT2D eigenvalue weighted by Gasteiger charge is 2.26. The van der Waals surface area contributed by atoms with Crippen molar-refractivity contribution in [3.8, 4) is 23.0 Å². The van der Waals surface area contributed by atoms with E-state index in [0.29, 0.717) is 11.1 Å². The van der Waals surface area contributed by atoms with Gasteiger partial charge in [0.25, 0.3) is 0 Å². The normalized spacial score (nSPS) is 16.6. The maximum absolute atomic E-state index is 13.2. The lowest BCUT2D eigenvalue weighted by molar-refractivity contribution is -0.386. The molecule has 2 aromatic carbocycles. The van der Waals surface area contributed by atoms with Crippen LogP contribution in [0.1, 0.15) is 11.1 Å². The number of aromatic hydroxyl groups is 2. The first-order valence-corrected chi connectivity index (χ1v) is 9.80. The van der Waals surface area contributed by atoms with Gasteiger partial charge in [-0.05, 0) is 42.5 Å². The molecule has 34 heavy (non-hydrogen) atoms. The number of likely N-dealkylation sites (N-methyl/N-ethyl adjacent to an activating group) is 1. The van der Waals surface area contributed by atoms with E-state index in [4.69, 9.17) is 9.47 Å². The molecule has 0 bridgehead atoms. The van der Waals surface area contributed by atoms with Gasteiger partial charge in [0.1, 0.15) is 0 Å². The van der Waals surface area contributed by atoms with E-state index in [1.54, 1.807) is 7.05 Å². The number of phenolic OH excluding ortho intramolecular Hbond substituents is 2. The number of carbonyl (C=O) groups is 1. The van der Waals surface area contributed by atoms with Gasteiger partial charge in [0.2, 0.25) is 11.5 Å². The highest BCUT2D eigenvalue weighted by molar-refractivity contribution is 6.14. The number of rotatable bonds is 6. The largest absolute Gasteiger partial charge is 0.500 e. The van der Waals surface area contributed by atoms with Crippen LogP contribution in [0.5, 0.6) is 23.0 Å². The summed E-state index contributed by atoms with van der Waals surface area (Å²) in [6.45, 7) is 0.485. The minimum Gasteiger partial charge on any atom is -0.500 e. The molecule has 0 atom stereocenters. The van der Waals surface area contributed by atoms with Crippen molar-refractivity contribution in [1.29, 1.82) is 0 Å². The summed E-state index contributed by atoms with van der Waals surface area (Å²) in [7, 11) is 4.26. The fourth-order valence-corrected chi connectivity index (χ4v) is 3.60. The highest BCUT2D eigenvalue weighted by atomic mass is 16.6. The zero-order valence-electron chi connectivity index (χ0n) is 18.5. The average Bonchev–Trinajstić information content (AvgIpc) is 2.78. The van der Waals surface area contributed by atoms with Gasteiger partial charge in [0.05, 0.1) is 24.1 Å². The van der Waals surface area contributed by atoms with Crippen molar-refractivity contribution < 1.29 is 34.3 Å². The topological polar surface area (TPSA) is 166 Å². The first-order valence-electron chi connectivity index (χ1n) is 9.80. The zero-order chi connectivity index (χ0) is 25.2. The molecule has 12 heteroatoms. The fraction of sp³-hybridized carbons (Fsp3) is 0.227. The van der Waals surface area contributed by atoms with E-state index in [-0.39, 0.29) is 41.5 Å². The Hall–Kier alpha value is -4.45. The number of Topliss-reactive ketones (excluding diaryl/α,β-unsaturated/α-hetero) is 1. The minimum absolute atomic E-state index is 0.114. The number of piperidine rings is 1. The summed E-state index contributed by atoms with van der Waals surface area (Å²) in [5.74, 6) is -1.83. The van der Waals surface area contributed by atoms with Crippen LogP contribution in [-0.4, -0.2) is 65.1 Å². The number of phenols is 2. The molecule has 0 aromatic heterocycles. The fourth-order valence-electron chi connectivity index (χ4n) is 3.60. The summed E-state index contributed by atoms with van der Waals surface area (Å²) in [5.41, 5.74) is 0.0382. The van der Waals surface area contributed by atoms with Gasteiger partial charge in [-0.1, -0.05) is 0 Å². The number of carbonyl (C=O) groups excluding carboxylic acids is 1. The van der Waals surface area contributed by atoms with Gasteiger partial charge < -0.3 is 19.7 Å². The number of likely N-dealkylation sites (tertiary alicyclic amines) is 1. The van der Waals surface area contributed by atoms with Crippen LogP contribution in [0.15, 0.2) is 35.4 Å². The third kappa shape index (κ3) is 4.81. The Balaban J connectivity index is 2.07. The van der Waals surface area contributed by atoms with E-state index >= 15 is 0 Å². The summed E-state index contributed by atoms with van der Waals surface area (Å²) in [6.07, 6.45) is 2.92. The lowest BCUT2D eigenvalue weighted by atomic mass is 9.94. The summed E-state index contributed by atoms with van der Waals surface area (Å²) in [4.78, 5) is 36.0. The summed E-state index contributed by atoms with van der Waals surface area (Å²) in [6, 6.07) is 5.00. The van der Waals surface area contributed by atoms with Gasteiger partial charge >= 0.3 is 11.4 Å². The Bertz CT molecular complexity index is 1160. The van der Waals surface area contributed by atoms with Crippen LogP contribution < -0.4 is 9.47 Å². The monoisotopic (exact) mass is 471 g/mol. The molecule has 1 aliphatic rings. The van der Waals surface area contributed by atoms with Gasteiger partial charge in [-0.25, -0.2) is 0 Å². The SMILES string of the molecule is COc1cc(/C=C2\CN(C)C/C(=C\c3cc(OC)c(O)c([N+](=O)[O-])c3)C2=O)cc([N+](=O)[O-])c1O. The molecule has 2 N–H and O–H groups in total. The molecule has 1 saturated heterocycles. The molecule has 1 heterocycles. The number of nitrogens with zero attached hydrogens (tertiary/aromatic N) is 3.